The van der Waals surface area contributed by atoms with Crippen molar-refractivity contribution in [3.63, 3.8) is 0 Å². The summed E-state index contributed by atoms with van der Waals surface area (Å²) in [5.74, 6) is -0.973. The van der Waals surface area contributed by atoms with Crippen molar-refractivity contribution in [1.29, 1.82) is 0 Å². The predicted molar refractivity (Wildman–Crippen MR) is 54.5 cm³/mol. The van der Waals surface area contributed by atoms with Crippen LogP contribution in [0, 0.1) is 0 Å². The zero-order valence-electron chi connectivity index (χ0n) is 7.73. The largest absolute Gasteiger partial charge is 0.478 e. The Labute approximate surface area is 82.3 Å². The van der Waals surface area contributed by atoms with Gasteiger partial charge in [0, 0.05) is 18.9 Å². The Morgan fingerprint density at radius 2 is 2.50 bits per heavy atom. The van der Waals surface area contributed by atoms with E-state index in [1.807, 2.05) is 0 Å². The van der Waals surface area contributed by atoms with E-state index in [9.17, 15) is 4.79 Å². The highest BCUT2D eigenvalue weighted by Crippen LogP contribution is 2.12. The molecule has 0 aliphatic rings. The fourth-order valence-corrected chi connectivity index (χ4v) is 1.03. The summed E-state index contributed by atoms with van der Waals surface area (Å²) in [4.78, 5) is 14.5. The molecule has 1 rings (SSSR count). The number of carboxylic acids is 1. The van der Waals surface area contributed by atoms with Gasteiger partial charge in [0.25, 0.3) is 0 Å². The minimum absolute atomic E-state index is 0.191. The summed E-state index contributed by atoms with van der Waals surface area (Å²) in [5, 5.41) is 11.8. The lowest BCUT2D eigenvalue weighted by Gasteiger charge is -2.06. The summed E-state index contributed by atoms with van der Waals surface area (Å²) in [6, 6.07) is 1.65. The molecule has 1 heterocycles. The highest BCUT2D eigenvalue weighted by molar-refractivity contribution is 5.93. The number of nitrogens with zero attached hydrogens (tertiary/aromatic N) is 1. The van der Waals surface area contributed by atoms with E-state index in [2.05, 4.69) is 16.9 Å². The Hall–Kier alpha value is -1.84. The maximum Gasteiger partial charge on any atom is 0.339 e. The number of pyridine rings is 1. The van der Waals surface area contributed by atoms with Gasteiger partial charge >= 0.3 is 5.97 Å². The third-order valence-electron chi connectivity index (χ3n) is 1.72. The molecule has 0 unspecified atom stereocenters. The molecule has 4 nitrogen and oxygen atoms in total. The van der Waals surface area contributed by atoms with Crippen LogP contribution in [-0.2, 0) is 0 Å². The molecule has 0 fully saturated rings. The molecule has 0 aliphatic carbocycles. The predicted octanol–water partition coefficient (Wildman–Crippen LogP) is 1.77. The summed E-state index contributed by atoms with van der Waals surface area (Å²) in [5.41, 5.74) is 0.783. The quantitative estimate of drug-likeness (QED) is 0.551. The molecular weight excluding hydrogens is 180 g/mol. The first kappa shape index (κ1) is 10.2. The van der Waals surface area contributed by atoms with E-state index in [0.29, 0.717) is 12.2 Å². The van der Waals surface area contributed by atoms with E-state index >= 15 is 0 Å². The second kappa shape index (κ2) is 5.01. The van der Waals surface area contributed by atoms with Crippen LogP contribution in [0.4, 0.5) is 5.69 Å². The van der Waals surface area contributed by atoms with Gasteiger partial charge in [0.05, 0.1) is 5.69 Å². The third-order valence-corrected chi connectivity index (χ3v) is 1.72. The summed E-state index contributed by atoms with van der Waals surface area (Å²) in [6.07, 6.45) is 5.46. The lowest BCUT2D eigenvalue weighted by Crippen LogP contribution is -2.07. The van der Waals surface area contributed by atoms with E-state index in [1.165, 1.54) is 6.20 Å². The Balaban J connectivity index is 2.74. The van der Waals surface area contributed by atoms with Gasteiger partial charge < -0.3 is 10.4 Å². The number of hydrogen-bond acceptors (Lipinski definition) is 3. The van der Waals surface area contributed by atoms with E-state index in [-0.39, 0.29) is 5.56 Å². The molecule has 1 aromatic rings. The smallest absolute Gasteiger partial charge is 0.339 e. The van der Waals surface area contributed by atoms with Crippen LogP contribution in [0.5, 0.6) is 0 Å². The normalized spacial score (nSPS) is 9.43. The first-order valence-electron chi connectivity index (χ1n) is 4.27. The third kappa shape index (κ3) is 2.58. The van der Waals surface area contributed by atoms with E-state index in [4.69, 9.17) is 5.11 Å². The van der Waals surface area contributed by atoms with Gasteiger partial charge in [-0.15, -0.1) is 6.58 Å². The van der Waals surface area contributed by atoms with Gasteiger partial charge in [0.2, 0.25) is 0 Å². The SMILES string of the molecule is C=CCCNc1ccncc1C(=O)O. The number of aromatic carboxylic acids is 1. The number of aromatic nitrogens is 1. The first-order chi connectivity index (χ1) is 6.75. The standard InChI is InChI=1S/C10H12N2O2/c1-2-3-5-12-9-4-6-11-7-8(9)10(13)14/h2,4,6-7H,1,3,5H2,(H,11,12)(H,13,14). The number of hydrogen-bond donors (Lipinski definition) is 2. The molecule has 1 aromatic heterocycles. The van der Waals surface area contributed by atoms with E-state index in [1.54, 1.807) is 18.3 Å². The molecule has 0 saturated carbocycles. The number of carboxylic acid groups (broad SMARTS) is 1. The molecule has 0 aromatic carbocycles. The first-order valence-corrected chi connectivity index (χ1v) is 4.27. The second-order valence-electron chi connectivity index (χ2n) is 2.73. The maximum absolute atomic E-state index is 10.8. The number of rotatable bonds is 5. The average molecular weight is 192 g/mol. The van der Waals surface area contributed by atoms with Crippen molar-refractivity contribution in [2.24, 2.45) is 0 Å². The van der Waals surface area contributed by atoms with Crippen LogP contribution in [-0.4, -0.2) is 22.6 Å². The van der Waals surface area contributed by atoms with Crippen LogP contribution in [0.3, 0.4) is 0 Å². The number of nitrogens with one attached hydrogen (secondary N) is 1. The fraction of sp³-hybridized carbons (Fsp3) is 0.200. The Kier molecular flexibility index (Phi) is 3.67. The van der Waals surface area contributed by atoms with Crippen LogP contribution in [0.1, 0.15) is 16.8 Å². The topological polar surface area (TPSA) is 62.2 Å². The Morgan fingerprint density at radius 3 is 3.14 bits per heavy atom. The molecule has 2 N–H and O–H groups in total. The highest BCUT2D eigenvalue weighted by atomic mass is 16.4. The maximum atomic E-state index is 10.8. The van der Waals surface area contributed by atoms with Crippen molar-refractivity contribution in [3.8, 4) is 0 Å². The van der Waals surface area contributed by atoms with Gasteiger partial charge in [-0.3, -0.25) is 4.98 Å². The van der Waals surface area contributed by atoms with Crippen molar-refractivity contribution < 1.29 is 9.90 Å². The Morgan fingerprint density at radius 1 is 1.71 bits per heavy atom. The van der Waals surface area contributed by atoms with Gasteiger partial charge in [-0.05, 0) is 12.5 Å². The lowest BCUT2D eigenvalue weighted by atomic mass is 10.2. The summed E-state index contributed by atoms with van der Waals surface area (Å²) in [7, 11) is 0. The van der Waals surface area contributed by atoms with Crippen molar-refractivity contribution >= 4 is 11.7 Å². The van der Waals surface area contributed by atoms with E-state index < -0.39 is 5.97 Å². The van der Waals surface area contributed by atoms with Crippen LogP contribution >= 0.6 is 0 Å². The molecule has 0 aliphatic heterocycles. The van der Waals surface area contributed by atoms with Crippen LogP contribution < -0.4 is 5.32 Å². The van der Waals surface area contributed by atoms with Gasteiger partial charge in [0.1, 0.15) is 5.56 Å². The zero-order valence-corrected chi connectivity index (χ0v) is 7.73. The molecule has 0 saturated heterocycles. The molecule has 0 spiro atoms. The fourth-order valence-electron chi connectivity index (χ4n) is 1.03. The number of carbonyl (C=O) groups is 1. The average Bonchev–Trinajstić information content (AvgIpc) is 2.19. The molecule has 4 heteroatoms. The molecule has 0 radical (unpaired) electrons. The number of anilines is 1. The highest BCUT2D eigenvalue weighted by Gasteiger charge is 2.08. The molecule has 14 heavy (non-hydrogen) atoms. The van der Waals surface area contributed by atoms with Crippen molar-refractivity contribution in [1.82, 2.24) is 4.98 Å². The van der Waals surface area contributed by atoms with Gasteiger partial charge in [-0.25, -0.2) is 4.79 Å². The van der Waals surface area contributed by atoms with Gasteiger partial charge in [-0.1, -0.05) is 6.08 Å². The molecule has 74 valence electrons. The van der Waals surface area contributed by atoms with Gasteiger partial charge in [-0.2, -0.15) is 0 Å². The molecular formula is C10H12N2O2. The van der Waals surface area contributed by atoms with Crippen LogP contribution in [0.15, 0.2) is 31.1 Å². The van der Waals surface area contributed by atoms with Crippen LogP contribution in [0.2, 0.25) is 0 Å². The zero-order chi connectivity index (χ0) is 10.4. The molecule has 0 atom stereocenters. The summed E-state index contributed by atoms with van der Waals surface area (Å²) in [6.45, 7) is 4.26. The van der Waals surface area contributed by atoms with Gasteiger partial charge in [0.15, 0.2) is 0 Å². The monoisotopic (exact) mass is 192 g/mol. The minimum atomic E-state index is -0.973. The molecule has 0 bridgehead atoms. The van der Waals surface area contributed by atoms with Crippen LogP contribution in [0.25, 0.3) is 0 Å². The second-order valence-corrected chi connectivity index (χ2v) is 2.73. The van der Waals surface area contributed by atoms with Crippen molar-refractivity contribution in [2.45, 2.75) is 6.42 Å². The molecule has 0 amide bonds. The lowest BCUT2D eigenvalue weighted by molar-refractivity contribution is 0.0697. The van der Waals surface area contributed by atoms with Crippen molar-refractivity contribution in [2.75, 3.05) is 11.9 Å². The Bertz CT molecular complexity index is 337. The summed E-state index contributed by atoms with van der Waals surface area (Å²) >= 11 is 0. The van der Waals surface area contributed by atoms with E-state index in [0.717, 1.165) is 6.42 Å². The van der Waals surface area contributed by atoms with Crippen molar-refractivity contribution in [3.05, 3.63) is 36.7 Å². The minimum Gasteiger partial charge on any atom is -0.478 e. The summed E-state index contributed by atoms with van der Waals surface area (Å²) < 4.78 is 0.